The summed E-state index contributed by atoms with van der Waals surface area (Å²) in [7, 11) is 0. The van der Waals surface area contributed by atoms with E-state index < -0.39 is 5.91 Å². The molecule has 0 saturated heterocycles. The zero-order chi connectivity index (χ0) is 6.91. The topological polar surface area (TPSA) is 46.5 Å². The third-order valence-corrected chi connectivity index (χ3v) is 2.07. The summed E-state index contributed by atoms with van der Waals surface area (Å²) in [4.78, 5) is 20.4. The first-order valence-corrected chi connectivity index (χ1v) is 3.13. The van der Waals surface area contributed by atoms with Gasteiger partial charge in [0.25, 0.3) is 5.91 Å². The molecule has 1 aliphatic carbocycles. The molecule has 1 saturated carbocycles. The van der Waals surface area contributed by atoms with Crippen molar-refractivity contribution in [1.29, 1.82) is 0 Å². The third-order valence-electron chi connectivity index (χ3n) is 2.07. The molecule has 0 aromatic rings. The van der Waals surface area contributed by atoms with E-state index in [1.54, 1.807) is 0 Å². The minimum atomic E-state index is -0.454. The summed E-state index contributed by atoms with van der Waals surface area (Å²) in [6, 6.07) is 0. The molecule has 0 bridgehead atoms. The van der Waals surface area contributed by atoms with Gasteiger partial charge >= 0.3 is 0 Å². The first-order chi connectivity index (χ1) is 4.25. The van der Waals surface area contributed by atoms with E-state index in [1.165, 1.54) is 0 Å². The van der Waals surface area contributed by atoms with Crippen LogP contribution >= 0.6 is 0 Å². The van der Waals surface area contributed by atoms with Gasteiger partial charge in [0, 0.05) is 5.18 Å². The van der Waals surface area contributed by atoms with Crippen LogP contribution in [0.4, 0.5) is 0 Å². The lowest BCUT2D eigenvalue weighted by molar-refractivity contribution is -0.123. The quantitative estimate of drug-likeness (QED) is 0.527. The van der Waals surface area contributed by atoms with Gasteiger partial charge in [0.2, 0.25) is 0 Å². The van der Waals surface area contributed by atoms with E-state index in [0.717, 1.165) is 19.3 Å². The van der Waals surface area contributed by atoms with E-state index in [-0.39, 0.29) is 5.41 Å². The van der Waals surface area contributed by atoms with Crippen LogP contribution in [-0.4, -0.2) is 5.91 Å². The van der Waals surface area contributed by atoms with Crippen molar-refractivity contribution >= 4 is 5.91 Å². The van der Waals surface area contributed by atoms with E-state index >= 15 is 0 Å². The van der Waals surface area contributed by atoms with Gasteiger partial charge in [-0.05, 0) is 19.3 Å². The fraction of sp³-hybridized carbons (Fsp3) is 0.833. The molecule has 0 atom stereocenters. The Morgan fingerprint density at radius 2 is 2.22 bits per heavy atom. The zero-order valence-corrected chi connectivity index (χ0v) is 5.39. The molecule has 0 unspecified atom stereocenters. The number of rotatable bonds is 2. The second-order valence-electron chi connectivity index (χ2n) is 2.53. The maximum absolute atomic E-state index is 10.6. The molecular formula is C6H9NO2. The summed E-state index contributed by atoms with van der Waals surface area (Å²) in [6.07, 6.45) is 2.47. The number of carbonyl (C=O) groups excluding carboxylic acids is 1. The second-order valence-corrected chi connectivity index (χ2v) is 2.53. The number of carbonyl (C=O) groups is 1. The highest BCUT2D eigenvalue weighted by Gasteiger charge is 2.48. The van der Waals surface area contributed by atoms with Gasteiger partial charge in [-0.2, -0.15) is 0 Å². The van der Waals surface area contributed by atoms with Gasteiger partial charge in [0.1, 0.15) is 0 Å². The Morgan fingerprint density at radius 1 is 1.67 bits per heavy atom. The van der Waals surface area contributed by atoms with Crippen LogP contribution in [-0.2, 0) is 4.79 Å². The van der Waals surface area contributed by atoms with Crippen molar-refractivity contribution in [2.24, 2.45) is 10.6 Å². The molecule has 0 aromatic heterocycles. The van der Waals surface area contributed by atoms with Crippen LogP contribution in [0.5, 0.6) is 0 Å². The Kier molecular flexibility index (Phi) is 1.35. The summed E-state index contributed by atoms with van der Waals surface area (Å²) in [5, 5.41) is 2.40. The first-order valence-electron chi connectivity index (χ1n) is 3.13. The summed E-state index contributed by atoms with van der Waals surface area (Å²) >= 11 is 0. The van der Waals surface area contributed by atoms with Gasteiger partial charge in [-0.3, -0.25) is 4.79 Å². The zero-order valence-electron chi connectivity index (χ0n) is 5.39. The Labute approximate surface area is 53.4 Å². The Bertz CT molecular complexity index is 149. The molecular weight excluding hydrogens is 118 g/mol. The summed E-state index contributed by atoms with van der Waals surface area (Å²) in [5.74, 6) is -0.454. The molecule has 1 fully saturated rings. The largest absolute Gasteiger partial charge is 0.292 e. The van der Waals surface area contributed by atoms with Crippen molar-refractivity contribution in [2.45, 2.75) is 26.2 Å². The lowest BCUT2D eigenvalue weighted by atomic mass is 10.0. The number of hydrogen-bond donors (Lipinski definition) is 0. The first kappa shape index (κ1) is 6.39. The SMILES string of the molecule is CCC1(C(=O)N=O)CC1. The van der Waals surface area contributed by atoms with Crippen molar-refractivity contribution in [3.8, 4) is 0 Å². The average molecular weight is 127 g/mol. The summed E-state index contributed by atoms with van der Waals surface area (Å²) in [5.41, 5.74) is -0.318. The number of amides is 1. The minimum absolute atomic E-state index is 0.318. The summed E-state index contributed by atoms with van der Waals surface area (Å²) < 4.78 is 0. The molecule has 0 N–H and O–H groups in total. The predicted molar refractivity (Wildman–Crippen MR) is 32.8 cm³/mol. The minimum Gasteiger partial charge on any atom is -0.268 e. The molecule has 0 aliphatic heterocycles. The van der Waals surface area contributed by atoms with Crippen LogP contribution in [0.25, 0.3) is 0 Å². The molecule has 3 nitrogen and oxygen atoms in total. The fourth-order valence-corrected chi connectivity index (χ4v) is 0.966. The van der Waals surface area contributed by atoms with Crippen molar-refractivity contribution in [2.75, 3.05) is 0 Å². The van der Waals surface area contributed by atoms with Crippen LogP contribution in [0.3, 0.4) is 0 Å². The normalized spacial score (nSPS) is 21.0. The van der Waals surface area contributed by atoms with E-state index in [4.69, 9.17) is 0 Å². The Hall–Kier alpha value is -0.730. The van der Waals surface area contributed by atoms with E-state index in [0.29, 0.717) is 0 Å². The van der Waals surface area contributed by atoms with Crippen molar-refractivity contribution in [3.05, 3.63) is 4.91 Å². The Balaban J connectivity index is 2.59. The average Bonchev–Trinajstić information content (AvgIpc) is 2.66. The maximum Gasteiger partial charge on any atom is 0.292 e. The molecule has 1 aliphatic rings. The lowest BCUT2D eigenvalue weighted by Gasteiger charge is -2.00. The molecule has 9 heavy (non-hydrogen) atoms. The monoisotopic (exact) mass is 127 g/mol. The summed E-state index contributed by atoms with van der Waals surface area (Å²) in [6.45, 7) is 1.91. The molecule has 0 aromatic carbocycles. The highest BCUT2D eigenvalue weighted by atomic mass is 16.3. The van der Waals surface area contributed by atoms with Crippen LogP contribution < -0.4 is 0 Å². The molecule has 0 heterocycles. The van der Waals surface area contributed by atoms with Crippen molar-refractivity contribution < 1.29 is 4.79 Å². The Morgan fingerprint density at radius 3 is 2.33 bits per heavy atom. The van der Waals surface area contributed by atoms with Gasteiger partial charge in [-0.15, -0.1) is 4.91 Å². The van der Waals surface area contributed by atoms with Crippen LogP contribution in [0.1, 0.15) is 26.2 Å². The van der Waals surface area contributed by atoms with E-state index in [9.17, 15) is 9.70 Å². The molecule has 3 heteroatoms. The number of nitroso groups, excluding NO2 is 1. The molecule has 0 spiro atoms. The standard InChI is InChI=1S/C6H9NO2/c1-2-6(3-4-6)5(8)7-9/h2-4H2,1H3. The smallest absolute Gasteiger partial charge is 0.268 e. The molecule has 1 amide bonds. The number of nitrogens with zero attached hydrogens (tertiary/aromatic N) is 1. The van der Waals surface area contributed by atoms with E-state index in [2.05, 4.69) is 5.18 Å². The number of hydrogen-bond acceptors (Lipinski definition) is 2. The predicted octanol–water partition coefficient (Wildman–Crippen LogP) is 1.47. The molecule has 0 radical (unpaired) electrons. The molecule has 50 valence electrons. The van der Waals surface area contributed by atoms with Gasteiger partial charge in [-0.1, -0.05) is 6.92 Å². The van der Waals surface area contributed by atoms with Crippen molar-refractivity contribution in [1.82, 2.24) is 0 Å². The third kappa shape index (κ3) is 0.866. The van der Waals surface area contributed by atoms with Crippen molar-refractivity contribution in [3.63, 3.8) is 0 Å². The highest BCUT2D eigenvalue weighted by Crippen LogP contribution is 2.49. The van der Waals surface area contributed by atoms with Gasteiger partial charge < -0.3 is 0 Å². The van der Waals surface area contributed by atoms with E-state index in [1.807, 2.05) is 6.92 Å². The van der Waals surface area contributed by atoms with Gasteiger partial charge in [0.05, 0.1) is 5.41 Å². The second kappa shape index (κ2) is 1.90. The van der Waals surface area contributed by atoms with Crippen LogP contribution in [0.2, 0.25) is 0 Å². The van der Waals surface area contributed by atoms with Crippen LogP contribution in [0, 0.1) is 10.3 Å². The van der Waals surface area contributed by atoms with Gasteiger partial charge in [-0.25, -0.2) is 0 Å². The van der Waals surface area contributed by atoms with Gasteiger partial charge in [0.15, 0.2) is 0 Å². The van der Waals surface area contributed by atoms with Crippen LogP contribution in [0.15, 0.2) is 5.18 Å². The maximum atomic E-state index is 10.6. The lowest BCUT2D eigenvalue weighted by Crippen LogP contribution is -2.10. The molecule has 1 rings (SSSR count). The fourth-order valence-electron chi connectivity index (χ4n) is 0.966. The highest BCUT2D eigenvalue weighted by molar-refractivity contribution is 5.85.